The molecule has 1 saturated heterocycles. The number of hydrogen-bond donors (Lipinski definition) is 0. The van der Waals surface area contributed by atoms with E-state index in [-0.39, 0.29) is 24.3 Å². The van der Waals surface area contributed by atoms with E-state index in [1.165, 1.54) is 4.90 Å². The van der Waals surface area contributed by atoms with Gasteiger partial charge in [-0.05, 0) is 96.4 Å². The summed E-state index contributed by atoms with van der Waals surface area (Å²) in [6.45, 7) is 9.14. The Morgan fingerprint density at radius 3 is 2.47 bits per heavy atom. The Hall–Kier alpha value is -2.45. The molecule has 1 aliphatic rings. The molecule has 0 aromatic heterocycles. The first-order chi connectivity index (χ1) is 15.3. The van der Waals surface area contributed by atoms with Crippen LogP contribution in [0.4, 0.5) is 4.79 Å². The molecule has 1 aliphatic heterocycles. The van der Waals surface area contributed by atoms with Crippen LogP contribution in [0.1, 0.15) is 30.5 Å². The van der Waals surface area contributed by atoms with Gasteiger partial charge in [0, 0.05) is 0 Å². The third-order valence-electron chi connectivity index (χ3n) is 4.71. The first kappa shape index (κ1) is 24.2. The number of aryl methyl sites for hydroxylation is 2. The van der Waals surface area contributed by atoms with E-state index in [2.05, 4.69) is 15.9 Å². The highest BCUT2D eigenvalue weighted by Crippen LogP contribution is 2.39. The molecule has 0 saturated carbocycles. The molecule has 8 heteroatoms. The predicted molar refractivity (Wildman–Crippen MR) is 131 cm³/mol. The summed E-state index contributed by atoms with van der Waals surface area (Å²) in [6.07, 6.45) is 1.69. The predicted octanol–water partition coefficient (Wildman–Crippen LogP) is 5.98. The molecular formula is C24H26BrNO5S. The van der Waals surface area contributed by atoms with E-state index in [0.717, 1.165) is 38.7 Å². The number of carbonyl (C=O) groups excluding carboxylic acids is 2. The summed E-state index contributed by atoms with van der Waals surface area (Å²) in [7, 11) is 0. The second-order valence-electron chi connectivity index (χ2n) is 7.15. The molecular weight excluding hydrogens is 494 g/mol. The summed E-state index contributed by atoms with van der Waals surface area (Å²) >= 11 is 4.43. The quantitative estimate of drug-likeness (QED) is 0.379. The highest BCUT2D eigenvalue weighted by Gasteiger charge is 2.35. The summed E-state index contributed by atoms with van der Waals surface area (Å²) < 4.78 is 17.9. The second-order valence-corrected chi connectivity index (χ2v) is 8.99. The molecule has 3 rings (SSSR count). The van der Waals surface area contributed by atoms with Crippen molar-refractivity contribution in [2.24, 2.45) is 0 Å². The number of amides is 2. The molecule has 6 nitrogen and oxygen atoms in total. The molecule has 32 heavy (non-hydrogen) atoms. The van der Waals surface area contributed by atoms with E-state index in [1.807, 2.05) is 52.0 Å². The molecule has 1 heterocycles. The summed E-state index contributed by atoms with van der Waals surface area (Å²) in [5, 5.41) is -0.305. The van der Waals surface area contributed by atoms with Crippen molar-refractivity contribution in [2.45, 2.75) is 27.7 Å². The Labute approximate surface area is 201 Å². The Morgan fingerprint density at radius 2 is 1.75 bits per heavy atom. The minimum absolute atomic E-state index is 0.187. The Morgan fingerprint density at radius 1 is 1.00 bits per heavy atom. The van der Waals surface area contributed by atoms with Crippen molar-refractivity contribution in [3.8, 4) is 17.2 Å². The maximum Gasteiger partial charge on any atom is 0.293 e. The number of halogens is 1. The summed E-state index contributed by atoms with van der Waals surface area (Å²) in [6, 6.07) is 9.59. The van der Waals surface area contributed by atoms with Crippen molar-refractivity contribution in [1.82, 2.24) is 4.90 Å². The zero-order valence-electron chi connectivity index (χ0n) is 18.6. The summed E-state index contributed by atoms with van der Waals surface area (Å²) in [5.74, 6) is 1.63. The van der Waals surface area contributed by atoms with Gasteiger partial charge in [0.2, 0.25) is 0 Å². The SMILES string of the molecule is CCOc1cc(/C=C2\SC(=O)N(CCOc3cc(C)ccc3C)C2=O)cc(Br)c1OCC. The minimum atomic E-state index is -0.326. The number of thioether (sulfide) groups is 1. The lowest BCUT2D eigenvalue weighted by atomic mass is 10.1. The molecule has 0 spiro atoms. The summed E-state index contributed by atoms with van der Waals surface area (Å²) in [4.78, 5) is 26.9. The Balaban J connectivity index is 1.73. The van der Waals surface area contributed by atoms with E-state index in [0.29, 0.717) is 29.6 Å². The molecule has 0 atom stereocenters. The van der Waals surface area contributed by atoms with E-state index in [4.69, 9.17) is 14.2 Å². The largest absolute Gasteiger partial charge is 0.491 e. The van der Waals surface area contributed by atoms with Crippen molar-refractivity contribution >= 4 is 44.9 Å². The van der Waals surface area contributed by atoms with Gasteiger partial charge in [0.25, 0.3) is 11.1 Å². The standard InChI is InChI=1S/C24H26BrNO5S/c1-5-29-20-13-17(12-18(25)22(20)30-6-2)14-21-23(27)26(24(28)32-21)9-10-31-19-11-15(3)7-8-16(19)4/h7-8,11-14H,5-6,9-10H2,1-4H3/b21-14-. The van der Waals surface area contributed by atoms with Crippen LogP contribution in [0.15, 0.2) is 39.7 Å². The van der Waals surface area contributed by atoms with Crippen molar-refractivity contribution in [1.29, 1.82) is 0 Å². The third-order valence-corrected chi connectivity index (χ3v) is 6.20. The fourth-order valence-corrected chi connectivity index (χ4v) is 4.61. The van der Waals surface area contributed by atoms with Gasteiger partial charge >= 0.3 is 0 Å². The molecule has 1 fully saturated rings. The van der Waals surface area contributed by atoms with Crippen molar-refractivity contribution in [3.05, 3.63) is 56.4 Å². The van der Waals surface area contributed by atoms with Crippen LogP contribution in [0.25, 0.3) is 6.08 Å². The first-order valence-electron chi connectivity index (χ1n) is 10.4. The number of ether oxygens (including phenoxy) is 3. The lowest BCUT2D eigenvalue weighted by Crippen LogP contribution is -2.32. The number of hydrogen-bond acceptors (Lipinski definition) is 6. The van der Waals surface area contributed by atoms with Gasteiger partial charge in [-0.15, -0.1) is 0 Å². The van der Waals surface area contributed by atoms with Gasteiger partial charge in [0.15, 0.2) is 11.5 Å². The topological polar surface area (TPSA) is 65.1 Å². The number of imide groups is 1. The molecule has 2 aromatic carbocycles. The van der Waals surface area contributed by atoms with E-state index < -0.39 is 0 Å². The molecule has 2 amide bonds. The number of nitrogens with zero attached hydrogens (tertiary/aromatic N) is 1. The van der Waals surface area contributed by atoms with Crippen LogP contribution in [0.5, 0.6) is 17.2 Å². The van der Waals surface area contributed by atoms with Gasteiger partial charge in [-0.2, -0.15) is 0 Å². The molecule has 0 unspecified atom stereocenters. The van der Waals surface area contributed by atoms with Crippen LogP contribution in [-0.4, -0.2) is 42.4 Å². The monoisotopic (exact) mass is 519 g/mol. The second kappa shape index (κ2) is 10.9. The Bertz CT molecular complexity index is 1050. The zero-order valence-corrected chi connectivity index (χ0v) is 21.0. The zero-order chi connectivity index (χ0) is 23.3. The maximum atomic E-state index is 12.8. The van der Waals surface area contributed by atoms with Crippen molar-refractivity contribution in [3.63, 3.8) is 0 Å². The first-order valence-corrected chi connectivity index (χ1v) is 12.0. The highest BCUT2D eigenvalue weighted by atomic mass is 79.9. The molecule has 2 aromatic rings. The number of rotatable bonds is 9. The molecule has 0 aliphatic carbocycles. The lowest BCUT2D eigenvalue weighted by molar-refractivity contribution is -0.123. The van der Waals surface area contributed by atoms with Gasteiger partial charge in [-0.1, -0.05) is 12.1 Å². The minimum Gasteiger partial charge on any atom is -0.491 e. The number of carbonyl (C=O) groups is 2. The molecule has 0 radical (unpaired) electrons. The highest BCUT2D eigenvalue weighted by molar-refractivity contribution is 9.10. The van der Waals surface area contributed by atoms with Gasteiger partial charge in [0.1, 0.15) is 12.4 Å². The smallest absolute Gasteiger partial charge is 0.293 e. The maximum absolute atomic E-state index is 12.8. The van der Waals surface area contributed by atoms with E-state index in [9.17, 15) is 9.59 Å². The van der Waals surface area contributed by atoms with Crippen LogP contribution >= 0.6 is 27.7 Å². The number of benzene rings is 2. The Kier molecular flexibility index (Phi) is 8.26. The van der Waals surface area contributed by atoms with E-state index >= 15 is 0 Å². The molecule has 170 valence electrons. The van der Waals surface area contributed by atoms with Gasteiger partial charge in [-0.25, -0.2) is 0 Å². The average Bonchev–Trinajstić information content (AvgIpc) is 3.00. The lowest BCUT2D eigenvalue weighted by Gasteiger charge is -2.15. The van der Waals surface area contributed by atoms with Crippen molar-refractivity contribution < 1.29 is 23.8 Å². The molecule has 0 bridgehead atoms. The van der Waals surface area contributed by atoms with E-state index in [1.54, 1.807) is 12.1 Å². The van der Waals surface area contributed by atoms with Gasteiger partial charge in [0.05, 0.1) is 29.1 Å². The fourth-order valence-electron chi connectivity index (χ4n) is 3.17. The normalized spacial score (nSPS) is 14.9. The van der Waals surface area contributed by atoms with Crippen LogP contribution in [0.3, 0.4) is 0 Å². The average molecular weight is 520 g/mol. The van der Waals surface area contributed by atoms with Gasteiger partial charge in [-0.3, -0.25) is 14.5 Å². The van der Waals surface area contributed by atoms with Crippen LogP contribution in [0.2, 0.25) is 0 Å². The summed E-state index contributed by atoms with van der Waals surface area (Å²) in [5.41, 5.74) is 2.84. The van der Waals surface area contributed by atoms with Crippen molar-refractivity contribution in [2.75, 3.05) is 26.4 Å². The van der Waals surface area contributed by atoms with Crippen LogP contribution < -0.4 is 14.2 Å². The molecule has 0 N–H and O–H groups in total. The fraction of sp³-hybridized carbons (Fsp3) is 0.333. The van der Waals surface area contributed by atoms with Crippen LogP contribution in [-0.2, 0) is 4.79 Å². The van der Waals surface area contributed by atoms with Gasteiger partial charge < -0.3 is 14.2 Å². The van der Waals surface area contributed by atoms with Crippen LogP contribution in [0, 0.1) is 13.8 Å². The third kappa shape index (κ3) is 5.66.